The van der Waals surface area contributed by atoms with Crippen LogP contribution in [0.3, 0.4) is 0 Å². The summed E-state index contributed by atoms with van der Waals surface area (Å²) in [5, 5.41) is 8.23. The Hall–Kier alpha value is -2.97. The Balaban J connectivity index is 1.56. The van der Waals surface area contributed by atoms with E-state index in [1.165, 1.54) is 12.1 Å². The van der Waals surface area contributed by atoms with Crippen LogP contribution in [0.1, 0.15) is 18.5 Å². The molecule has 0 radical (unpaired) electrons. The van der Waals surface area contributed by atoms with Gasteiger partial charge in [-0.1, -0.05) is 30.3 Å². The van der Waals surface area contributed by atoms with Gasteiger partial charge in [0.2, 0.25) is 5.91 Å². The minimum atomic E-state index is -0.715. The molecule has 2 aromatic rings. The van der Waals surface area contributed by atoms with Crippen LogP contribution in [-0.4, -0.2) is 55.7 Å². The first-order valence-electron chi connectivity index (χ1n) is 10.0. The van der Waals surface area contributed by atoms with E-state index < -0.39 is 12.1 Å². The van der Waals surface area contributed by atoms with E-state index >= 15 is 0 Å². The summed E-state index contributed by atoms with van der Waals surface area (Å²) < 4.78 is 18.8. The Bertz CT molecular complexity index is 826. The summed E-state index contributed by atoms with van der Waals surface area (Å²) in [6, 6.07) is 14.0. The lowest BCUT2D eigenvalue weighted by atomic mass is 10.0. The van der Waals surface area contributed by atoms with Gasteiger partial charge >= 0.3 is 6.03 Å². The fourth-order valence-electron chi connectivity index (χ4n) is 3.33. The average molecular weight is 414 g/mol. The molecular formula is C22H27FN4O3. The van der Waals surface area contributed by atoms with E-state index in [4.69, 9.17) is 4.74 Å². The van der Waals surface area contributed by atoms with Crippen LogP contribution in [0, 0.1) is 5.82 Å². The average Bonchev–Trinajstić information content (AvgIpc) is 2.76. The summed E-state index contributed by atoms with van der Waals surface area (Å²) in [5.74, 6) is -0.593. The number of nitrogens with zero attached hydrogens (tertiary/aromatic N) is 1. The van der Waals surface area contributed by atoms with E-state index in [-0.39, 0.29) is 17.8 Å². The van der Waals surface area contributed by atoms with Gasteiger partial charge in [-0.05, 0) is 36.8 Å². The molecule has 1 saturated heterocycles. The SMILES string of the molecule is CC(NC(=O)Nc1ccccc1)C(=O)NCC(c1ccc(F)cc1)N1CCOCC1. The highest BCUT2D eigenvalue weighted by Crippen LogP contribution is 2.21. The van der Waals surface area contributed by atoms with E-state index in [1.54, 1.807) is 31.2 Å². The lowest BCUT2D eigenvalue weighted by molar-refractivity contribution is -0.122. The third-order valence-corrected chi connectivity index (χ3v) is 4.98. The Labute approximate surface area is 175 Å². The Kier molecular flexibility index (Phi) is 7.75. The largest absolute Gasteiger partial charge is 0.379 e. The number of para-hydroxylation sites is 1. The number of halogens is 1. The van der Waals surface area contributed by atoms with Crippen molar-refractivity contribution in [3.8, 4) is 0 Å². The fourth-order valence-corrected chi connectivity index (χ4v) is 3.33. The molecule has 160 valence electrons. The first-order valence-corrected chi connectivity index (χ1v) is 10.0. The van der Waals surface area contributed by atoms with Crippen molar-refractivity contribution in [3.05, 3.63) is 66.0 Å². The van der Waals surface area contributed by atoms with Gasteiger partial charge in [0.25, 0.3) is 0 Å². The van der Waals surface area contributed by atoms with Crippen LogP contribution >= 0.6 is 0 Å². The molecule has 0 bridgehead atoms. The predicted octanol–water partition coefficient (Wildman–Crippen LogP) is 2.53. The molecule has 3 amide bonds. The molecule has 7 nitrogen and oxygen atoms in total. The molecule has 1 aliphatic heterocycles. The first kappa shape index (κ1) is 21.7. The highest BCUT2D eigenvalue weighted by Gasteiger charge is 2.24. The molecular weight excluding hydrogens is 387 g/mol. The minimum Gasteiger partial charge on any atom is -0.379 e. The number of amides is 3. The highest BCUT2D eigenvalue weighted by molar-refractivity contribution is 5.93. The second-order valence-electron chi connectivity index (χ2n) is 7.15. The molecule has 2 unspecified atom stereocenters. The number of carbonyl (C=O) groups is 2. The number of anilines is 1. The van der Waals surface area contributed by atoms with Crippen LogP contribution in [0.5, 0.6) is 0 Å². The van der Waals surface area contributed by atoms with E-state index in [1.807, 2.05) is 18.2 Å². The number of rotatable bonds is 7. The molecule has 1 aliphatic rings. The van der Waals surface area contributed by atoms with Crippen LogP contribution in [-0.2, 0) is 9.53 Å². The molecule has 0 saturated carbocycles. The number of benzene rings is 2. The predicted molar refractivity (Wildman–Crippen MR) is 113 cm³/mol. The maximum Gasteiger partial charge on any atom is 0.319 e. The van der Waals surface area contributed by atoms with Crippen molar-refractivity contribution in [1.29, 1.82) is 0 Å². The number of nitrogens with one attached hydrogen (secondary N) is 3. The summed E-state index contributed by atoms with van der Waals surface area (Å²) in [4.78, 5) is 26.9. The highest BCUT2D eigenvalue weighted by atomic mass is 19.1. The van der Waals surface area contributed by atoms with Crippen LogP contribution in [0.15, 0.2) is 54.6 Å². The quantitative estimate of drug-likeness (QED) is 0.650. The number of morpholine rings is 1. The summed E-state index contributed by atoms with van der Waals surface area (Å²) in [6.07, 6.45) is 0. The van der Waals surface area contributed by atoms with E-state index in [0.29, 0.717) is 25.4 Å². The summed E-state index contributed by atoms with van der Waals surface area (Å²) in [5.41, 5.74) is 1.56. The molecule has 3 N–H and O–H groups in total. The number of urea groups is 1. The lowest BCUT2D eigenvalue weighted by Crippen LogP contribution is -2.49. The van der Waals surface area contributed by atoms with Crippen molar-refractivity contribution >= 4 is 17.6 Å². The van der Waals surface area contributed by atoms with Crippen molar-refractivity contribution in [2.45, 2.75) is 19.0 Å². The Morgan fingerprint density at radius 2 is 1.73 bits per heavy atom. The molecule has 0 aliphatic carbocycles. The smallest absolute Gasteiger partial charge is 0.319 e. The van der Waals surface area contributed by atoms with Gasteiger partial charge in [0.05, 0.1) is 19.3 Å². The second-order valence-corrected chi connectivity index (χ2v) is 7.15. The molecule has 2 atom stereocenters. The number of hydrogen-bond donors (Lipinski definition) is 3. The topological polar surface area (TPSA) is 82.7 Å². The van der Waals surface area contributed by atoms with E-state index in [0.717, 1.165) is 18.7 Å². The van der Waals surface area contributed by atoms with Crippen LogP contribution in [0.25, 0.3) is 0 Å². The molecule has 8 heteroatoms. The van der Waals surface area contributed by atoms with Gasteiger partial charge in [0.15, 0.2) is 0 Å². The number of carbonyl (C=O) groups excluding carboxylic acids is 2. The standard InChI is InChI=1S/C22H27FN4O3/c1-16(25-22(29)26-19-5-3-2-4-6-19)21(28)24-15-20(27-11-13-30-14-12-27)17-7-9-18(23)10-8-17/h2-10,16,20H,11-15H2,1H3,(H,24,28)(H2,25,26,29). The van der Waals surface area contributed by atoms with Crippen molar-refractivity contribution in [2.24, 2.45) is 0 Å². The van der Waals surface area contributed by atoms with E-state index in [9.17, 15) is 14.0 Å². The van der Waals surface area contributed by atoms with Crippen molar-refractivity contribution in [3.63, 3.8) is 0 Å². The van der Waals surface area contributed by atoms with Crippen LogP contribution in [0.4, 0.5) is 14.9 Å². The minimum absolute atomic E-state index is 0.108. The number of hydrogen-bond acceptors (Lipinski definition) is 4. The second kappa shape index (κ2) is 10.7. The lowest BCUT2D eigenvalue weighted by Gasteiger charge is -2.35. The zero-order valence-corrected chi connectivity index (χ0v) is 16.9. The van der Waals surface area contributed by atoms with Gasteiger partial charge in [-0.2, -0.15) is 0 Å². The first-order chi connectivity index (χ1) is 14.5. The number of ether oxygens (including phenoxy) is 1. The molecule has 2 aromatic carbocycles. The zero-order valence-electron chi connectivity index (χ0n) is 16.9. The molecule has 30 heavy (non-hydrogen) atoms. The monoisotopic (exact) mass is 414 g/mol. The van der Waals surface area contributed by atoms with Crippen molar-refractivity contribution in [1.82, 2.24) is 15.5 Å². The van der Waals surface area contributed by atoms with Crippen LogP contribution < -0.4 is 16.0 Å². The molecule has 3 rings (SSSR count). The zero-order chi connectivity index (χ0) is 21.3. The van der Waals surface area contributed by atoms with Crippen LogP contribution in [0.2, 0.25) is 0 Å². The Morgan fingerprint density at radius 3 is 2.40 bits per heavy atom. The molecule has 1 heterocycles. The van der Waals surface area contributed by atoms with Crippen molar-refractivity contribution < 1.29 is 18.7 Å². The third-order valence-electron chi connectivity index (χ3n) is 4.98. The van der Waals surface area contributed by atoms with Gasteiger partial charge in [0, 0.05) is 25.3 Å². The van der Waals surface area contributed by atoms with Crippen molar-refractivity contribution in [2.75, 3.05) is 38.2 Å². The molecule has 0 aromatic heterocycles. The molecule has 0 spiro atoms. The maximum absolute atomic E-state index is 13.3. The van der Waals surface area contributed by atoms with Gasteiger partial charge < -0.3 is 20.7 Å². The molecule has 1 fully saturated rings. The van der Waals surface area contributed by atoms with Gasteiger partial charge in [-0.25, -0.2) is 9.18 Å². The summed E-state index contributed by atoms with van der Waals surface area (Å²) >= 11 is 0. The summed E-state index contributed by atoms with van der Waals surface area (Å²) in [6.45, 7) is 4.65. The maximum atomic E-state index is 13.3. The Morgan fingerprint density at radius 1 is 1.07 bits per heavy atom. The van der Waals surface area contributed by atoms with Gasteiger partial charge in [0.1, 0.15) is 11.9 Å². The van der Waals surface area contributed by atoms with Gasteiger partial charge in [-0.15, -0.1) is 0 Å². The van der Waals surface area contributed by atoms with Gasteiger partial charge in [-0.3, -0.25) is 9.69 Å². The van der Waals surface area contributed by atoms with E-state index in [2.05, 4.69) is 20.9 Å². The summed E-state index contributed by atoms with van der Waals surface area (Å²) in [7, 11) is 0. The third kappa shape index (κ3) is 6.27. The normalized spacial score (nSPS) is 16.3. The fraction of sp³-hybridized carbons (Fsp3) is 0.364.